The average molecular weight is 455 g/mol. The van der Waals surface area contributed by atoms with E-state index in [-0.39, 0.29) is 37.2 Å². The summed E-state index contributed by atoms with van der Waals surface area (Å²) < 4.78 is 40.7. The second-order valence-corrected chi connectivity index (χ2v) is 8.00. The Bertz CT molecular complexity index is 1130. The first kappa shape index (κ1) is 22.6. The van der Waals surface area contributed by atoms with Crippen molar-refractivity contribution in [3.05, 3.63) is 95.3 Å². The van der Waals surface area contributed by atoms with E-state index in [2.05, 4.69) is 9.88 Å². The SMILES string of the molecule is O=C(CCc1cccc(C(F)(F)F)c1)NCC(=O)N1CCn2cccc2C1c1ccccc1. The summed E-state index contributed by atoms with van der Waals surface area (Å²) in [4.78, 5) is 27.1. The van der Waals surface area contributed by atoms with Gasteiger partial charge in [0.2, 0.25) is 11.8 Å². The molecule has 1 aliphatic heterocycles. The number of hydrogen-bond donors (Lipinski definition) is 1. The lowest BCUT2D eigenvalue weighted by atomic mass is 10.00. The van der Waals surface area contributed by atoms with Crippen LogP contribution >= 0.6 is 0 Å². The Kier molecular flexibility index (Phi) is 6.53. The molecule has 0 saturated heterocycles. The van der Waals surface area contributed by atoms with Crippen LogP contribution in [0.3, 0.4) is 0 Å². The molecular formula is C25H24F3N3O2. The third-order valence-corrected chi connectivity index (χ3v) is 5.81. The Morgan fingerprint density at radius 2 is 1.76 bits per heavy atom. The van der Waals surface area contributed by atoms with Crippen LogP contribution in [0, 0.1) is 0 Å². The lowest BCUT2D eigenvalue weighted by Gasteiger charge is -2.37. The molecule has 0 fully saturated rings. The van der Waals surface area contributed by atoms with Crippen LogP contribution in [-0.4, -0.2) is 34.4 Å². The molecule has 0 radical (unpaired) electrons. The molecule has 1 unspecified atom stereocenters. The molecule has 8 heteroatoms. The van der Waals surface area contributed by atoms with Gasteiger partial charge in [0.1, 0.15) is 0 Å². The number of halogens is 3. The Morgan fingerprint density at radius 3 is 2.52 bits per heavy atom. The van der Waals surface area contributed by atoms with Crippen LogP contribution in [0.25, 0.3) is 0 Å². The average Bonchev–Trinajstić information content (AvgIpc) is 3.29. The van der Waals surface area contributed by atoms with Gasteiger partial charge in [-0.2, -0.15) is 13.2 Å². The highest BCUT2D eigenvalue weighted by atomic mass is 19.4. The van der Waals surface area contributed by atoms with Crippen LogP contribution in [0.15, 0.2) is 72.9 Å². The number of nitrogens with zero attached hydrogens (tertiary/aromatic N) is 2. The van der Waals surface area contributed by atoms with Gasteiger partial charge in [-0.1, -0.05) is 48.5 Å². The summed E-state index contributed by atoms with van der Waals surface area (Å²) >= 11 is 0. The molecular weight excluding hydrogens is 431 g/mol. The highest BCUT2D eigenvalue weighted by Gasteiger charge is 2.32. The predicted octanol–water partition coefficient (Wildman–Crippen LogP) is 4.19. The number of hydrogen-bond acceptors (Lipinski definition) is 2. The number of fused-ring (bicyclic) bond motifs is 1. The third-order valence-electron chi connectivity index (χ3n) is 5.81. The van der Waals surface area contributed by atoms with Crippen molar-refractivity contribution in [2.75, 3.05) is 13.1 Å². The van der Waals surface area contributed by atoms with E-state index in [1.807, 2.05) is 48.7 Å². The van der Waals surface area contributed by atoms with E-state index in [9.17, 15) is 22.8 Å². The van der Waals surface area contributed by atoms with E-state index in [0.29, 0.717) is 18.7 Å². The van der Waals surface area contributed by atoms with Crippen LogP contribution in [0.1, 0.15) is 34.8 Å². The Hall–Kier alpha value is -3.55. The summed E-state index contributed by atoms with van der Waals surface area (Å²) in [7, 11) is 0. The number of benzene rings is 2. The van der Waals surface area contributed by atoms with Gasteiger partial charge in [0.25, 0.3) is 0 Å². The third kappa shape index (κ3) is 5.27. The lowest BCUT2D eigenvalue weighted by molar-refractivity contribution is -0.137. The highest BCUT2D eigenvalue weighted by Crippen LogP contribution is 2.32. The topological polar surface area (TPSA) is 54.3 Å². The van der Waals surface area contributed by atoms with Crippen molar-refractivity contribution in [2.45, 2.75) is 31.6 Å². The van der Waals surface area contributed by atoms with E-state index >= 15 is 0 Å². The molecule has 0 aliphatic carbocycles. The van der Waals surface area contributed by atoms with Gasteiger partial charge in [-0.15, -0.1) is 0 Å². The number of nitrogens with one attached hydrogen (secondary N) is 1. The fourth-order valence-electron chi connectivity index (χ4n) is 4.16. The van der Waals surface area contributed by atoms with E-state index < -0.39 is 11.7 Å². The summed E-state index contributed by atoms with van der Waals surface area (Å²) in [5, 5.41) is 2.63. The number of rotatable bonds is 6. The molecule has 1 atom stereocenters. The number of alkyl halides is 3. The summed E-state index contributed by atoms with van der Waals surface area (Å²) in [5.74, 6) is -0.582. The van der Waals surface area contributed by atoms with Crippen molar-refractivity contribution < 1.29 is 22.8 Å². The first-order chi connectivity index (χ1) is 15.8. The molecule has 1 aromatic heterocycles. The second kappa shape index (κ2) is 9.52. The summed E-state index contributed by atoms with van der Waals surface area (Å²) in [6.07, 6.45) is -2.27. The standard InChI is InChI=1S/C25H24F3N3O2/c26-25(27,28)20-9-4-6-18(16-20)11-12-22(32)29-17-23(33)31-15-14-30-13-5-10-21(30)24(31)19-7-2-1-3-8-19/h1-10,13,16,24H,11-12,14-15,17H2,(H,29,32). The van der Waals surface area contributed by atoms with E-state index in [1.165, 1.54) is 6.07 Å². The Labute approximate surface area is 189 Å². The number of amides is 2. The minimum absolute atomic E-state index is 0.000442. The molecule has 1 N–H and O–H groups in total. The molecule has 5 nitrogen and oxygen atoms in total. The normalized spacial score (nSPS) is 15.7. The molecule has 2 aromatic carbocycles. The highest BCUT2D eigenvalue weighted by molar-refractivity contribution is 5.85. The van der Waals surface area contributed by atoms with Gasteiger partial charge >= 0.3 is 6.18 Å². The van der Waals surface area contributed by atoms with Gasteiger partial charge < -0.3 is 14.8 Å². The molecule has 33 heavy (non-hydrogen) atoms. The molecule has 0 saturated carbocycles. The smallest absolute Gasteiger partial charge is 0.348 e. The van der Waals surface area contributed by atoms with Crippen molar-refractivity contribution in [2.24, 2.45) is 0 Å². The summed E-state index contributed by atoms with van der Waals surface area (Å²) in [5.41, 5.74) is 1.68. The molecule has 3 aromatic rings. The fourth-order valence-corrected chi connectivity index (χ4v) is 4.16. The number of carbonyl (C=O) groups is 2. The first-order valence-corrected chi connectivity index (χ1v) is 10.8. The van der Waals surface area contributed by atoms with Crippen LogP contribution in [0.5, 0.6) is 0 Å². The van der Waals surface area contributed by atoms with Crippen molar-refractivity contribution in [3.8, 4) is 0 Å². The zero-order valence-corrected chi connectivity index (χ0v) is 17.9. The van der Waals surface area contributed by atoms with Crippen LogP contribution in [0.2, 0.25) is 0 Å². The molecule has 0 spiro atoms. The zero-order chi connectivity index (χ0) is 23.4. The monoisotopic (exact) mass is 455 g/mol. The quantitative estimate of drug-likeness (QED) is 0.606. The van der Waals surface area contributed by atoms with Crippen LogP contribution in [0.4, 0.5) is 13.2 Å². The van der Waals surface area contributed by atoms with Crippen LogP contribution in [-0.2, 0) is 28.7 Å². The van der Waals surface area contributed by atoms with Gasteiger partial charge in [0.05, 0.1) is 18.2 Å². The Morgan fingerprint density at radius 1 is 0.970 bits per heavy atom. The molecule has 2 heterocycles. The predicted molar refractivity (Wildman–Crippen MR) is 117 cm³/mol. The van der Waals surface area contributed by atoms with Gasteiger partial charge in [0, 0.05) is 31.4 Å². The van der Waals surface area contributed by atoms with Gasteiger partial charge in [-0.3, -0.25) is 9.59 Å². The minimum atomic E-state index is -4.42. The van der Waals surface area contributed by atoms with E-state index in [1.54, 1.807) is 11.0 Å². The molecule has 2 amide bonds. The fraction of sp³-hybridized carbons (Fsp3) is 0.280. The summed E-state index contributed by atoms with van der Waals surface area (Å²) in [6, 6.07) is 18.3. The van der Waals surface area contributed by atoms with Gasteiger partial charge in [-0.25, -0.2) is 0 Å². The maximum atomic E-state index is 13.0. The molecule has 1 aliphatic rings. The van der Waals surface area contributed by atoms with Crippen molar-refractivity contribution in [1.82, 2.24) is 14.8 Å². The zero-order valence-electron chi connectivity index (χ0n) is 17.9. The number of aromatic nitrogens is 1. The molecule has 172 valence electrons. The summed E-state index contributed by atoms with van der Waals surface area (Å²) in [6.45, 7) is 1.02. The van der Waals surface area contributed by atoms with Gasteiger partial charge in [-0.05, 0) is 35.7 Å². The lowest BCUT2D eigenvalue weighted by Crippen LogP contribution is -2.46. The van der Waals surface area contributed by atoms with Crippen LogP contribution < -0.4 is 5.32 Å². The largest absolute Gasteiger partial charge is 0.416 e. The Balaban J connectivity index is 1.37. The number of aryl methyl sites for hydroxylation is 1. The molecule has 0 bridgehead atoms. The van der Waals surface area contributed by atoms with Crippen molar-refractivity contribution in [3.63, 3.8) is 0 Å². The van der Waals surface area contributed by atoms with Crippen molar-refractivity contribution >= 4 is 11.8 Å². The maximum Gasteiger partial charge on any atom is 0.416 e. The first-order valence-electron chi connectivity index (χ1n) is 10.8. The van der Waals surface area contributed by atoms with E-state index in [0.717, 1.165) is 23.4 Å². The van der Waals surface area contributed by atoms with Crippen molar-refractivity contribution in [1.29, 1.82) is 0 Å². The van der Waals surface area contributed by atoms with E-state index in [4.69, 9.17) is 0 Å². The second-order valence-electron chi connectivity index (χ2n) is 8.00. The molecule has 4 rings (SSSR count). The minimum Gasteiger partial charge on any atom is -0.348 e. The number of carbonyl (C=O) groups excluding carboxylic acids is 2. The maximum absolute atomic E-state index is 13.0. The van der Waals surface area contributed by atoms with Gasteiger partial charge in [0.15, 0.2) is 0 Å².